The van der Waals surface area contributed by atoms with Gasteiger partial charge in [0.15, 0.2) is 6.61 Å². The zero-order chi connectivity index (χ0) is 21.7. The van der Waals surface area contributed by atoms with Crippen LogP contribution >= 0.6 is 11.6 Å². The number of nitrogens with one attached hydrogen (secondary N) is 1. The number of ether oxygens (including phenoxy) is 1. The topological polar surface area (TPSA) is 89.3 Å². The largest absolute Gasteiger partial charge is 0.467 e. The Morgan fingerprint density at radius 3 is 2.83 bits per heavy atom. The fourth-order valence-corrected chi connectivity index (χ4v) is 2.75. The molecule has 1 aromatic carbocycles. The van der Waals surface area contributed by atoms with Crippen LogP contribution in [0.3, 0.4) is 0 Å². The van der Waals surface area contributed by atoms with Crippen LogP contribution in [-0.2, 0) is 17.3 Å². The number of anilines is 1. The van der Waals surface area contributed by atoms with Crippen molar-refractivity contribution in [2.75, 3.05) is 11.9 Å². The van der Waals surface area contributed by atoms with E-state index in [1.165, 1.54) is 18.5 Å². The van der Waals surface area contributed by atoms with Crippen molar-refractivity contribution in [1.82, 2.24) is 14.8 Å². The van der Waals surface area contributed by atoms with Crippen LogP contribution in [0.2, 0.25) is 5.02 Å². The van der Waals surface area contributed by atoms with Gasteiger partial charge < -0.3 is 15.2 Å². The SMILES string of the molecule is C=CC(F)(F)c1cc(OCC(=O)Nc2ccncc2CO)n(-c2ccccc2Cl)n1. The predicted octanol–water partition coefficient (Wildman–Crippen LogP) is 3.71. The van der Waals surface area contributed by atoms with E-state index in [-0.39, 0.29) is 17.5 Å². The molecule has 156 valence electrons. The first kappa shape index (κ1) is 21.4. The van der Waals surface area contributed by atoms with Crippen molar-refractivity contribution in [3.63, 3.8) is 0 Å². The number of carbonyl (C=O) groups is 1. The minimum atomic E-state index is -3.40. The molecule has 0 fully saturated rings. The highest BCUT2D eigenvalue weighted by Gasteiger charge is 2.32. The van der Waals surface area contributed by atoms with Gasteiger partial charge in [0, 0.05) is 29.7 Å². The third-order valence-corrected chi connectivity index (χ3v) is 4.37. The van der Waals surface area contributed by atoms with Crippen LogP contribution in [-0.4, -0.2) is 32.4 Å². The minimum Gasteiger partial charge on any atom is -0.467 e. The van der Waals surface area contributed by atoms with Gasteiger partial charge in [-0.3, -0.25) is 9.78 Å². The Kier molecular flexibility index (Phi) is 6.43. The second-order valence-electron chi connectivity index (χ2n) is 6.09. The molecule has 0 aliphatic rings. The van der Waals surface area contributed by atoms with E-state index in [0.29, 0.717) is 23.0 Å². The number of amides is 1. The molecule has 0 aliphatic heterocycles. The lowest BCUT2D eigenvalue weighted by atomic mass is 10.2. The fraction of sp³-hybridized carbons (Fsp3) is 0.150. The van der Waals surface area contributed by atoms with Crippen LogP contribution < -0.4 is 10.1 Å². The van der Waals surface area contributed by atoms with Gasteiger partial charge in [0.05, 0.1) is 17.3 Å². The molecule has 10 heteroatoms. The molecule has 30 heavy (non-hydrogen) atoms. The number of hydrogen-bond acceptors (Lipinski definition) is 5. The average Bonchev–Trinajstić information content (AvgIpc) is 3.18. The number of carbonyl (C=O) groups excluding carboxylic acids is 1. The molecule has 0 aliphatic carbocycles. The number of aliphatic hydroxyl groups excluding tert-OH is 1. The van der Waals surface area contributed by atoms with E-state index >= 15 is 0 Å². The van der Waals surface area contributed by atoms with Crippen molar-refractivity contribution in [2.24, 2.45) is 0 Å². The normalized spacial score (nSPS) is 11.2. The highest BCUT2D eigenvalue weighted by molar-refractivity contribution is 6.32. The smallest absolute Gasteiger partial charge is 0.309 e. The van der Waals surface area contributed by atoms with Gasteiger partial charge in [-0.05, 0) is 24.3 Å². The molecule has 0 bridgehead atoms. The summed E-state index contributed by atoms with van der Waals surface area (Å²) in [4.78, 5) is 16.1. The number of nitrogens with zero attached hydrogens (tertiary/aromatic N) is 3. The molecule has 3 aromatic rings. The summed E-state index contributed by atoms with van der Waals surface area (Å²) in [5, 5.41) is 16.0. The van der Waals surface area contributed by atoms with Gasteiger partial charge in [-0.15, -0.1) is 0 Å². The molecule has 0 radical (unpaired) electrons. The van der Waals surface area contributed by atoms with Gasteiger partial charge in [0.1, 0.15) is 5.69 Å². The molecule has 1 amide bonds. The predicted molar refractivity (Wildman–Crippen MR) is 107 cm³/mol. The monoisotopic (exact) mass is 434 g/mol. The van der Waals surface area contributed by atoms with Gasteiger partial charge in [-0.25, -0.2) is 0 Å². The maximum absolute atomic E-state index is 14.1. The lowest BCUT2D eigenvalue weighted by molar-refractivity contribution is -0.118. The lowest BCUT2D eigenvalue weighted by Crippen LogP contribution is -2.21. The molecular weight excluding hydrogens is 418 g/mol. The van der Waals surface area contributed by atoms with Crippen molar-refractivity contribution >= 4 is 23.2 Å². The summed E-state index contributed by atoms with van der Waals surface area (Å²) in [6.07, 6.45) is 3.32. The van der Waals surface area contributed by atoms with E-state index in [9.17, 15) is 18.7 Å². The maximum atomic E-state index is 14.1. The molecular formula is C20H17ClF2N4O3. The maximum Gasteiger partial charge on any atom is 0.309 e. The van der Waals surface area contributed by atoms with Crippen LogP contribution in [0.5, 0.6) is 5.88 Å². The van der Waals surface area contributed by atoms with Gasteiger partial charge in [-0.2, -0.15) is 18.6 Å². The number of aromatic nitrogens is 3. The Morgan fingerprint density at radius 2 is 2.13 bits per heavy atom. The molecule has 0 atom stereocenters. The summed E-state index contributed by atoms with van der Waals surface area (Å²) in [6, 6.07) is 9.01. The van der Waals surface area contributed by atoms with Gasteiger partial charge in [0.2, 0.25) is 5.88 Å². The Balaban J connectivity index is 1.85. The number of alkyl halides is 2. The second-order valence-corrected chi connectivity index (χ2v) is 6.49. The molecule has 7 nitrogen and oxygen atoms in total. The van der Waals surface area contributed by atoms with Crippen molar-refractivity contribution in [1.29, 1.82) is 0 Å². The van der Waals surface area contributed by atoms with Crippen LogP contribution in [0.1, 0.15) is 11.3 Å². The highest BCUT2D eigenvalue weighted by atomic mass is 35.5. The number of benzene rings is 1. The van der Waals surface area contributed by atoms with E-state index in [0.717, 1.165) is 10.7 Å². The van der Waals surface area contributed by atoms with Crippen LogP contribution in [0, 0.1) is 0 Å². The first-order valence-electron chi connectivity index (χ1n) is 8.69. The molecule has 2 N–H and O–H groups in total. The second kappa shape index (κ2) is 9.02. The van der Waals surface area contributed by atoms with Crippen molar-refractivity contribution < 1.29 is 23.4 Å². The van der Waals surface area contributed by atoms with E-state index in [1.54, 1.807) is 24.3 Å². The summed E-state index contributed by atoms with van der Waals surface area (Å²) in [7, 11) is 0. The third kappa shape index (κ3) is 4.64. The van der Waals surface area contributed by atoms with Crippen molar-refractivity contribution in [3.8, 4) is 11.6 Å². The zero-order valence-electron chi connectivity index (χ0n) is 15.6. The lowest BCUT2D eigenvalue weighted by Gasteiger charge is -2.11. The van der Waals surface area contributed by atoms with E-state index in [4.69, 9.17) is 16.3 Å². The minimum absolute atomic E-state index is 0.105. The van der Waals surface area contributed by atoms with Crippen LogP contribution in [0.25, 0.3) is 5.69 Å². The molecule has 0 unspecified atom stereocenters. The summed E-state index contributed by atoms with van der Waals surface area (Å²) < 4.78 is 34.7. The Morgan fingerprint density at radius 1 is 1.37 bits per heavy atom. The van der Waals surface area contributed by atoms with Crippen molar-refractivity contribution in [3.05, 3.63) is 77.7 Å². The van der Waals surface area contributed by atoms with Gasteiger partial charge >= 0.3 is 5.92 Å². The number of para-hydroxylation sites is 1. The van der Waals surface area contributed by atoms with E-state index in [1.807, 2.05) is 0 Å². The molecule has 0 saturated heterocycles. The molecule has 2 aromatic heterocycles. The van der Waals surface area contributed by atoms with E-state index in [2.05, 4.69) is 22.0 Å². The number of allylic oxidation sites excluding steroid dienone is 1. The Labute approximate surface area is 175 Å². The standard InChI is InChI=1S/C20H17ClF2N4O3/c1-2-20(22,23)17-9-19(27(26-17)16-6-4-3-5-14(16)21)30-12-18(29)25-15-7-8-24-10-13(15)11-28/h2-10,28H,1,11-12H2,(H,24,25,29). The number of aliphatic hydroxyl groups is 1. The molecule has 3 rings (SSSR count). The molecule has 2 heterocycles. The molecule has 0 spiro atoms. The quantitative estimate of drug-likeness (QED) is 0.527. The average molecular weight is 435 g/mol. The summed E-state index contributed by atoms with van der Waals surface area (Å²) in [5.41, 5.74) is 0.473. The fourth-order valence-electron chi connectivity index (χ4n) is 2.53. The van der Waals surface area contributed by atoms with Crippen LogP contribution in [0.15, 0.2) is 61.4 Å². The first-order valence-corrected chi connectivity index (χ1v) is 9.06. The Bertz CT molecular complexity index is 1070. The number of halogens is 3. The summed E-state index contributed by atoms with van der Waals surface area (Å²) in [6.45, 7) is 2.31. The van der Waals surface area contributed by atoms with E-state index < -0.39 is 24.1 Å². The summed E-state index contributed by atoms with van der Waals surface area (Å²) >= 11 is 6.16. The first-order chi connectivity index (χ1) is 14.4. The zero-order valence-corrected chi connectivity index (χ0v) is 16.3. The number of hydrogen-bond donors (Lipinski definition) is 2. The molecule has 0 saturated carbocycles. The van der Waals surface area contributed by atoms with Crippen molar-refractivity contribution in [2.45, 2.75) is 12.5 Å². The summed E-state index contributed by atoms with van der Waals surface area (Å²) in [5.74, 6) is -4.08. The number of rotatable bonds is 8. The third-order valence-electron chi connectivity index (χ3n) is 4.05. The van der Waals surface area contributed by atoms with Crippen LogP contribution in [0.4, 0.5) is 14.5 Å². The number of pyridine rings is 1. The highest BCUT2D eigenvalue weighted by Crippen LogP contribution is 2.33. The van der Waals surface area contributed by atoms with Gasteiger partial charge in [-0.1, -0.05) is 30.3 Å². The Hall–Kier alpha value is -3.30. The van der Waals surface area contributed by atoms with Gasteiger partial charge in [0.25, 0.3) is 5.91 Å².